The van der Waals surface area contributed by atoms with Crippen LogP contribution in [-0.2, 0) is 40.1 Å². The first kappa shape index (κ1) is 73.8. The van der Waals surface area contributed by atoms with Gasteiger partial charge in [-0.15, -0.1) is 10.2 Å². The van der Waals surface area contributed by atoms with Crippen LogP contribution in [0, 0.1) is 22.7 Å². The molecule has 5 amide bonds. The van der Waals surface area contributed by atoms with Crippen LogP contribution in [0.3, 0.4) is 0 Å². The van der Waals surface area contributed by atoms with Gasteiger partial charge in [-0.2, -0.15) is 5.26 Å². The zero-order chi connectivity index (χ0) is 73.2. The number of piperidine rings is 1. The quantitative estimate of drug-likeness (QED) is 0.0165. The van der Waals surface area contributed by atoms with E-state index < -0.39 is 59.4 Å². The summed E-state index contributed by atoms with van der Waals surface area (Å²) in [6, 6.07) is 28.1. The Bertz CT molecular complexity index is 4030. The average molecular weight is 1430 g/mol. The number of aromatic nitrogens is 4. The first-order valence-corrected chi connectivity index (χ1v) is 36.3. The SMILES string of the molecule is CC(C)[C@@H](C(=O)N1C[C@H](O)C[C@H]1C(=O)N[C@@H](C)c1ccc(C#N)cc1)c1cc(OCCN2CCC(OC3CC(Oc4cc(N5[C@@H]6CC[C@@H]5CN(c5cc(-c7ccccc7O)nnc5NC(=O)OCc5ccc(NC(=O)[C@H](CCCCN(C)C)NC(=O)C7(C(=O)O)CCC7)cc5)C6)ccn4)C3)CC2)no1. The molecule has 4 saturated heterocycles. The summed E-state index contributed by atoms with van der Waals surface area (Å²) >= 11 is 0. The Labute approximate surface area is 604 Å². The number of nitriles is 1. The lowest BCUT2D eigenvalue weighted by Crippen LogP contribution is -2.55. The average Bonchev–Trinajstić information content (AvgIpc) is 1.45. The van der Waals surface area contributed by atoms with E-state index in [0.717, 1.165) is 75.8 Å². The van der Waals surface area contributed by atoms with Crippen LogP contribution in [0.1, 0.15) is 139 Å². The maximum absolute atomic E-state index is 14.2. The number of carboxylic acids is 1. The van der Waals surface area contributed by atoms with Crippen molar-refractivity contribution in [1.82, 2.24) is 45.7 Å². The van der Waals surface area contributed by atoms with Gasteiger partial charge in [0.15, 0.2) is 11.6 Å². The zero-order valence-electron chi connectivity index (χ0n) is 59.5. The topological polar surface area (TPSA) is 353 Å². The van der Waals surface area contributed by atoms with E-state index >= 15 is 0 Å². The van der Waals surface area contributed by atoms with Gasteiger partial charge in [0.2, 0.25) is 29.5 Å². The zero-order valence-corrected chi connectivity index (χ0v) is 59.5. The number of para-hydroxylation sites is 1. The Morgan fingerprint density at radius 2 is 1.56 bits per heavy atom. The maximum Gasteiger partial charge on any atom is 0.413 e. The smallest absolute Gasteiger partial charge is 0.413 e. The Balaban J connectivity index is 0.585. The van der Waals surface area contributed by atoms with Crippen LogP contribution in [-0.4, -0.2) is 201 Å². The third kappa shape index (κ3) is 17.6. The molecule has 28 heteroatoms. The predicted molar refractivity (Wildman–Crippen MR) is 383 cm³/mol. The molecule has 7 heterocycles. The van der Waals surface area contributed by atoms with Crippen molar-refractivity contribution in [3.63, 3.8) is 0 Å². The van der Waals surface area contributed by atoms with Gasteiger partial charge in [0.25, 0.3) is 5.88 Å². The van der Waals surface area contributed by atoms with Crippen LogP contribution in [0.5, 0.6) is 17.5 Å². The number of phenols is 1. The summed E-state index contributed by atoms with van der Waals surface area (Å²) in [5.74, 6) is -2.63. The molecule has 28 nitrogen and oxygen atoms in total. The minimum absolute atomic E-state index is 0.0107. The van der Waals surface area contributed by atoms with Crippen LogP contribution in [0.4, 0.5) is 27.7 Å². The van der Waals surface area contributed by atoms with Gasteiger partial charge >= 0.3 is 12.1 Å². The summed E-state index contributed by atoms with van der Waals surface area (Å²) in [5, 5.41) is 65.1. The Morgan fingerprint density at radius 1 is 0.817 bits per heavy atom. The van der Waals surface area contributed by atoms with Crippen LogP contribution in [0.2, 0.25) is 0 Å². The third-order valence-electron chi connectivity index (χ3n) is 21.1. The molecule has 4 aliphatic heterocycles. The number of ether oxygens (including phenoxy) is 4. The van der Waals surface area contributed by atoms with Gasteiger partial charge in [0.05, 0.1) is 47.4 Å². The number of hydrogen-bond donors (Lipinski definition) is 7. The van der Waals surface area contributed by atoms with Crippen molar-refractivity contribution in [1.29, 1.82) is 5.26 Å². The first-order chi connectivity index (χ1) is 50.2. The van der Waals surface area contributed by atoms with E-state index in [2.05, 4.69) is 62.4 Å². The number of aliphatic hydroxyl groups is 1. The summed E-state index contributed by atoms with van der Waals surface area (Å²) in [4.78, 5) is 95.6. The molecular formula is C76H94N14O14. The number of β-amino-alcohol motifs (C(OH)–C–C–N with tert-alkyl or cyclic N) is 1. The number of anilines is 4. The number of hydrogen-bond acceptors (Lipinski definition) is 22. The molecule has 7 atom stereocenters. The van der Waals surface area contributed by atoms with E-state index in [0.29, 0.717) is 90.9 Å². The molecule has 104 heavy (non-hydrogen) atoms. The molecule has 552 valence electrons. The fraction of sp³-hybridized carbons (Fsp3) is 0.513. The second-order valence-electron chi connectivity index (χ2n) is 29.0. The number of phenolic OH excluding ortho intramolecular Hbond substituents is 1. The van der Waals surface area contributed by atoms with Crippen molar-refractivity contribution < 1.29 is 67.6 Å². The molecule has 6 fully saturated rings. The van der Waals surface area contributed by atoms with E-state index in [9.17, 15) is 49.3 Å². The van der Waals surface area contributed by atoms with E-state index in [-0.39, 0.29) is 98.0 Å². The number of unbranched alkanes of at least 4 members (excludes halogenated alkanes) is 1. The van der Waals surface area contributed by atoms with Gasteiger partial charge in [0, 0.05) is 106 Å². The number of nitrogens with one attached hydrogen (secondary N) is 4. The van der Waals surface area contributed by atoms with E-state index in [1.54, 1.807) is 85.1 Å². The highest BCUT2D eigenvalue weighted by Gasteiger charge is 2.52. The van der Waals surface area contributed by atoms with Crippen LogP contribution >= 0.6 is 0 Å². The molecule has 2 bridgehead atoms. The number of piperazine rings is 1. The fourth-order valence-corrected chi connectivity index (χ4v) is 14.9. The summed E-state index contributed by atoms with van der Waals surface area (Å²) in [6.07, 6.45) is 8.36. The molecule has 2 aliphatic carbocycles. The van der Waals surface area contributed by atoms with E-state index in [1.807, 2.05) is 58.0 Å². The molecule has 0 unspecified atom stereocenters. The van der Waals surface area contributed by atoms with Crippen molar-refractivity contribution >= 4 is 58.6 Å². The summed E-state index contributed by atoms with van der Waals surface area (Å²) in [7, 11) is 3.91. The molecule has 6 aliphatic rings. The number of pyridine rings is 1. The predicted octanol–water partition coefficient (Wildman–Crippen LogP) is 8.17. The first-order valence-electron chi connectivity index (χ1n) is 36.3. The van der Waals surface area contributed by atoms with Crippen LogP contribution in [0.25, 0.3) is 11.3 Å². The number of carbonyl (C=O) groups is 6. The number of aromatic hydroxyl groups is 1. The Kier molecular flexibility index (Phi) is 23.6. The number of aliphatic hydroxyl groups excluding tert-OH is 1. The van der Waals surface area contributed by atoms with Crippen LogP contribution < -0.4 is 40.5 Å². The third-order valence-corrected chi connectivity index (χ3v) is 21.1. The van der Waals surface area contributed by atoms with Crippen molar-refractivity contribution in [3.8, 4) is 34.8 Å². The summed E-state index contributed by atoms with van der Waals surface area (Å²) < 4.78 is 30.6. The monoisotopic (exact) mass is 1430 g/mol. The lowest BCUT2D eigenvalue weighted by atomic mass is 9.68. The second-order valence-corrected chi connectivity index (χ2v) is 29.0. The van der Waals surface area contributed by atoms with Gasteiger partial charge in [-0.1, -0.05) is 56.7 Å². The van der Waals surface area contributed by atoms with Gasteiger partial charge < -0.3 is 74.3 Å². The minimum atomic E-state index is -1.52. The maximum atomic E-state index is 14.2. The molecule has 7 N–H and O–H groups in total. The highest BCUT2D eigenvalue weighted by atomic mass is 16.6. The molecule has 2 saturated carbocycles. The van der Waals surface area contributed by atoms with E-state index in [4.69, 9.17) is 23.5 Å². The summed E-state index contributed by atoms with van der Waals surface area (Å²) in [5.41, 5.74) is 3.40. The normalized spacial score (nSPS) is 21.6. The highest BCUT2D eigenvalue weighted by Crippen LogP contribution is 2.43. The number of benzene rings is 3. The standard InChI is InChI=1S/C76H94N14O14/c1-46(2)68(72(95)89-44-55(91)36-63(89)71(94)79-47(3)50-18-14-48(41-77)15-19-50)65-40-67(85-104-65)100-34-33-87-31-25-56(26-32-87)102-57-37-58(38-57)103-66-35-52(24-29-78-66)90-53-22-23-54(90)43-88(42-53)62-39-61(59-11-6-7-13-64(59)92)83-84-69(62)82-75(99)101-45-49-16-20-51(21-17-49)80-70(93)60(12-8-9-30-86(4)5)81-73(96)76(74(97)98)27-10-28-76/h6-7,11,13-21,24,29,35,39-40,46-47,53-58,60,63,68,91-92H,8-10,12,22-23,25-28,30-34,36-38,42-45H2,1-5H3,(H,79,94)(H,80,93)(H,81,96)(H,97,98)(H,82,84,99)/t47-,53+,54+,55+,57?,58?,60-,63-,68+/m0/s1. The van der Waals surface area contributed by atoms with Crippen molar-refractivity contribution in [2.75, 3.05) is 86.9 Å². The number of rotatable bonds is 30. The minimum Gasteiger partial charge on any atom is -0.507 e. The number of aliphatic carboxylic acids is 1. The van der Waals surface area contributed by atoms with Crippen molar-refractivity contribution in [2.24, 2.45) is 11.3 Å². The molecular weight excluding hydrogens is 1330 g/mol. The van der Waals surface area contributed by atoms with Gasteiger partial charge in [-0.05, 0) is 156 Å². The molecule has 3 aromatic carbocycles. The fourth-order valence-electron chi connectivity index (χ4n) is 14.9. The second kappa shape index (κ2) is 33.2. The number of amides is 5. The largest absolute Gasteiger partial charge is 0.507 e. The van der Waals surface area contributed by atoms with Crippen LogP contribution in [0.15, 0.2) is 108 Å². The number of carbonyl (C=O) groups excluding carboxylic acids is 5. The van der Waals surface area contributed by atoms with Gasteiger partial charge in [-0.25, -0.2) is 9.78 Å². The van der Waals surface area contributed by atoms with Gasteiger partial charge in [-0.3, -0.25) is 34.2 Å². The van der Waals surface area contributed by atoms with E-state index in [1.165, 1.54) is 4.90 Å². The highest BCUT2D eigenvalue weighted by molar-refractivity contribution is 6.05. The Hall–Kier alpha value is -9.95. The number of carboxylic acid groups (broad SMARTS) is 1. The molecule has 0 spiro atoms. The van der Waals surface area contributed by atoms with Crippen molar-refractivity contribution in [2.45, 2.75) is 171 Å². The number of fused-ring (bicyclic) bond motifs is 2. The molecule has 3 aromatic heterocycles. The van der Waals surface area contributed by atoms with Gasteiger partial charge in [0.1, 0.15) is 48.5 Å². The Morgan fingerprint density at radius 3 is 2.24 bits per heavy atom. The molecule has 6 aromatic rings. The van der Waals surface area contributed by atoms with Crippen molar-refractivity contribution in [3.05, 3.63) is 126 Å². The number of nitrogens with zero attached hydrogens (tertiary/aromatic N) is 10. The number of likely N-dealkylation sites (tertiary alicyclic amines) is 2. The molecule has 12 rings (SSSR count). The molecule has 0 radical (unpaired) electrons. The summed E-state index contributed by atoms with van der Waals surface area (Å²) in [6.45, 7) is 10.2. The lowest BCUT2D eigenvalue weighted by molar-refractivity contribution is -0.162. The lowest BCUT2D eigenvalue weighted by Gasteiger charge is -2.44.